The second-order valence-corrected chi connectivity index (χ2v) is 13.8. The molecule has 5 atom stereocenters. The third-order valence-electron chi connectivity index (χ3n) is 8.83. The van der Waals surface area contributed by atoms with Crippen molar-refractivity contribution >= 4 is 24.0 Å². The fourth-order valence-corrected chi connectivity index (χ4v) is 5.84. The van der Waals surface area contributed by atoms with Gasteiger partial charge in [0.2, 0.25) is 11.8 Å². The van der Waals surface area contributed by atoms with Gasteiger partial charge in [0, 0.05) is 18.0 Å². The van der Waals surface area contributed by atoms with Gasteiger partial charge in [0.25, 0.3) is 0 Å². The van der Waals surface area contributed by atoms with Crippen molar-refractivity contribution in [3.8, 4) is 0 Å². The maximum absolute atomic E-state index is 13.9. The summed E-state index contributed by atoms with van der Waals surface area (Å²) in [6, 6.07) is 27.6. The first-order valence-corrected chi connectivity index (χ1v) is 18.2. The lowest BCUT2D eigenvalue weighted by molar-refractivity contribution is -0.126. The standard InChI is InChI=1S/C42H51N5O7/c1-28(2)36(46-41(51)53-26-32-19-12-7-13-20-32)39(49)44-34(23-30-15-8-5-9-16-30)38(48)35(24-31-17-10-6-11-18-31)45-40(50)37(29(3)4)47-42(52)54-27-33-21-14-22-43-25-33/h5-22,25,28-29,34-38,48H,23-24,26-27H2,1-4H3,(H,44,49)(H,45,50)(H,46,51)(H,47,52)/t34-,35-,36+,37-,38-/m0/s1. The van der Waals surface area contributed by atoms with E-state index < -0.39 is 54.3 Å². The lowest BCUT2D eigenvalue weighted by Gasteiger charge is -2.34. The van der Waals surface area contributed by atoms with Crippen molar-refractivity contribution in [1.82, 2.24) is 26.3 Å². The molecule has 286 valence electrons. The number of aliphatic hydroxyl groups is 1. The highest BCUT2D eigenvalue weighted by molar-refractivity contribution is 5.87. The van der Waals surface area contributed by atoms with Gasteiger partial charge in [-0.1, -0.05) is 125 Å². The molecule has 0 bridgehead atoms. The molecule has 4 aromatic rings. The van der Waals surface area contributed by atoms with E-state index in [-0.39, 0.29) is 37.9 Å². The Kier molecular flexibility index (Phi) is 16.0. The molecule has 12 nitrogen and oxygen atoms in total. The number of pyridine rings is 1. The van der Waals surface area contributed by atoms with E-state index in [1.807, 2.05) is 91.0 Å². The average molecular weight is 738 g/mol. The summed E-state index contributed by atoms with van der Waals surface area (Å²) < 4.78 is 10.7. The molecule has 0 aliphatic heterocycles. The lowest BCUT2D eigenvalue weighted by Crippen LogP contribution is -2.61. The van der Waals surface area contributed by atoms with Gasteiger partial charge in [-0.25, -0.2) is 9.59 Å². The predicted octanol–water partition coefficient (Wildman–Crippen LogP) is 5.10. The number of benzene rings is 3. The molecule has 4 amide bonds. The van der Waals surface area contributed by atoms with E-state index in [0.29, 0.717) is 5.56 Å². The van der Waals surface area contributed by atoms with E-state index in [9.17, 15) is 24.3 Å². The molecule has 0 fully saturated rings. The smallest absolute Gasteiger partial charge is 0.408 e. The highest BCUT2D eigenvalue weighted by atomic mass is 16.6. The van der Waals surface area contributed by atoms with Gasteiger partial charge in [0.05, 0.1) is 18.2 Å². The monoisotopic (exact) mass is 737 g/mol. The molecule has 1 heterocycles. The van der Waals surface area contributed by atoms with Crippen LogP contribution in [0.4, 0.5) is 9.59 Å². The van der Waals surface area contributed by atoms with E-state index in [1.165, 1.54) is 0 Å². The largest absolute Gasteiger partial charge is 0.445 e. The Morgan fingerprint density at radius 3 is 1.33 bits per heavy atom. The molecule has 0 aliphatic rings. The number of amides is 4. The van der Waals surface area contributed by atoms with Crippen LogP contribution in [0.2, 0.25) is 0 Å². The Labute approximate surface area is 317 Å². The number of hydrogen-bond acceptors (Lipinski definition) is 8. The number of nitrogens with zero attached hydrogens (tertiary/aromatic N) is 1. The highest BCUT2D eigenvalue weighted by Crippen LogP contribution is 2.16. The molecule has 0 unspecified atom stereocenters. The molecule has 0 radical (unpaired) electrons. The predicted molar refractivity (Wildman–Crippen MR) is 205 cm³/mol. The lowest BCUT2D eigenvalue weighted by atomic mass is 9.91. The third kappa shape index (κ3) is 13.3. The number of rotatable bonds is 18. The summed E-state index contributed by atoms with van der Waals surface area (Å²) in [7, 11) is 0. The SMILES string of the molecule is CC(C)[C@H](NC(=O)OCc1cccnc1)C(=O)N[C@@H](Cc1ccccc1)[C@@H](O)[C@H](Cc1ccccc1)NC(=O)[C@H](NC(=O)OCc1ccccc1)C(C)C. The van der Waals surface area contributed by atoms with Crippen molar-refractivity contribution < 1.29 is 33.8 Å². The maximum Gasteiger partial charge on any atom is 0.408 e. The Morgan fingerprint density at radius 1 is 0.556 bits per heavy atom. The van der Waals surface area contributed by atoms with Crippen LogP contribution in [0.15, 0.2) is 116 Å². The van der Waals surface area contributed by atoms with Crippen LogP contribution >= 0.6 is 0 Å². The highest BCUT2D eigenvalue weighted by Gasteiger charge is 2.35. The van der Waals surface area contributed by atoms with Crippen LogP contribution in [-0.2, 0) is 45.1 Å². The topological polar surface area (TPSA) is 168 Å². The number of nitrogens with one attached hydrogen (secondary N) is 4. The molecule has 1 aromatic heterocycles. The Balaban J connectivity index is 1.54. The van der Waals surface area contributed by atoms with Gasteiger partial charge in [-0.05, 0) is 47.4 Å². The zero-order chi connectivity index (χ0) is 38.9. The minimum Gasteiger partial charge on any atom is -0.445 e. The van der Waals surface area contributed by atoms with Gasteiger partial charge in [-0.15, -0.1) is 0 Å². The summed E-state index contributed by atoms with van der Waals surface area (Å²) in [5.74, 6) is -1.73. The van der Waals surface area contributed by atoms with Crippen LogP contribution in [0.3, 0.4) is 0 Å². The molecule has 5 N–H and O–H groups in total. The average Bonchev–Trinajstić information content (AvgIpc) is 3.17. The van der Waals surface area contributed by atoms with Gasteiger partial charge in [-0.2, -0.15) is 0 Å². The molecule has 12 heteroatoms. The molecular weight excluding hydrogens is 686 g/mol. The quantitative estimate of drug-likeness (QED) is 0.0941. The van der Waals surface area contributed by atoms with Crippen LogP contribution in [-0.4, -0.2) is 64.4 Å². The van der Waals surface area contributed by atoms with Crippen molar-refractivity contribution in [3.63, 3.8) is 0 Å². The third-order valence-corrected chi connectivity index (χ3v) is 8.83. The zero-order valence-corrected chi connectivity index (χ0v) is 31.2. The fourth-order valence-electron chi connectivity index (χ4n) is 5.84. The first-order valence-electron chi connectivity index (χ1n) is 18.2. The van der Waals surface area contributed by atoms with Crippen LogP contribution in [0.5, 0.6) is 0 Å². The molecule has 0 saturated carbocycles. The second kappa shape index (κ2) is 21.1. The summed E-state index contributed by atoms with van der Waals surface area (Å²) in [5.41, 5.74) is 3.16. The second-order valence-electron chi connectivity index (χ2n) is 13.8. The molecule has 0 saturated heterocycles. The number of aromatic nitrogens is 1. The summed E-state index contributed by atoms with van der Waals surface area (Å²) in [6.07, 6.45) is 0.763. The fraction of sp³-hybridized carbons (Fsp3) is 0.357. The van der Waals surface area contributed by atoms with E-state index in [1.54, 1.807) is 52.2 Å². The van der Waals surface area contributed by atoms with E-state index in [0.717, 1.165) is 16.7 Å². The van der Waals surface area contributed by atoms with E-state index >= 15 is 0 Å². The van der Waals surface area contributed by atoms with Crippen molar-refractivity contribution in [1.29, 1.82) is 0 Å². The van der Waals surface area contributed by atoms with E-state index in [2.05, 4.69) is 26.3 Å². The number of aliphatic hydroxyl groups excluding tert-OH is 1. The van der Waals surface area contributed by atoms with Gasteiger partial charge >= 0.3 is 12.2 Å². The number of hydrogen-bond donors (Lipinski definition) is 5. The van der Waals surface area contributed by atoms with Crippen molar-refractivity contribution in [2.24, 2.45) is 11.8 Å². The van der Waals surface area contributed by atoms with Crippen LogP contribution in [0, 0.1) is 11.8 Å². The van der Waals surface area contributed by atoms with Gasteiger partial charge in [0.1, 0.15) is 25.3 Å². The van der Waals surface area contributed by atoms with Gasteiger partial charge in [0.15, 0.2) is 0 Å². The molecule has 3 aromatic carbocycles. The normalized spacial score (nSPS) is 13.8. The molecular formula is C42H51N5O7. The van der Waals surface area contributed by atoms with E-state index in [4.69, 9.17) is 9.47 Å². The Morgan fingerprint density at radius 2 is 0.944 bits per heavy atom. The summed E-state index contributed by atoms with van der Waals surface area (Å²) in [6.45, 7) is 7.17. The first-order chi connectivity index (χ1) is 26.0. The van der Waals surface area contributed by atoms with Crippen LogP contribution in [0.1, 0.15) is 49.9 Å². The molecule has 0 spiro atoms. The van der Waals surface area contributed by atoms with Crippen LogP contribution in [0.25, 0.3) is 0 Å². The van der Waals surface area contributed by atoms with Gasteiger partial charge < -0.3 is 35.8 Å². The van der Waals surface area contributed by atoms with Crippen molar-refractivity contribution in [3.05, 3.63) is 138 Å². The molecule has 0 aliphatic carbocycles. The summed E-state index contributed by atoms with van der Waals surface area (Å²) in [4.78, 5) is 57.5. The first kappa shape index (κ1) is 41.0. The van der Waals surface area contributed by atoms with Crippen molar-refractivity contribution in [2.75, 3.05) is 0 Å². The number of carbonyl (C=O) groups excluding carboxylic acids is 4. The number of alkyl carbamates (subject to hydrolysis) is 2. The summed E-state index contributed by atoms with van der Waals surface area (Å²) >= 11 is 0. The van der Waals surface area contributed by atoms with Crippen LogP contribution < -0.4 is 21.3 Å². The maximum atomic E-state index is 13.9. The molecule has 4 rings (SSSR count). The molecule has 54 heavy (non-hydrogen) atoms. The van der Waals surface area contributed by atoms with Crippen molar-refractivity contribution in [2.45, 2.75) is 84.0 Å². The Hall–Kier alpha value is -5.75. The zero-order valence-electron chi connectivity index (χ0n) is 31.2. The number of carbonyl (C=O) groups is 4. The minimum atomic E-state index is -1.32. The minimum absolute atomic E-state index is 0.0285. The summed E-state index contributed by atoms with van der Waals surface area (Å²) in [5, 5.41) is 23.5. The number of ether oxygens (including phenoxy) is 2. The Bertz CT molecular complexity index is 1620. The van der Waals surface area contributed by atoms with Gasteiger partial charge in [-0.3, -0.25) is 14.6 Å².